The average Bonchev–Trinajstić information content (AvgIpc) is 2.23. The zero-order chi connectivity index (χ0) is 10.8. The van der Waals surface area contributed by atoms with Crippen molar-refractivity contribution in [3.05, 3.63) is 12.2 Å². The van der Waals surface area contributed by atoms with Gasteiger partial charge in [0, 0.05) is 0 Å². The maximum Gasteiger partial charge on any atom is -0.0470 e. The zero-order valence-corrected chi connectivity index (χ0v) is 10.6. The first kappa shape index (κ1) is 22.6. The number of hydrogen-bond acceptors (Lipinski definition) is 0. The van der Waals surface area contributed by atoms with Crippen molar-refractivity contribution in [2.45, 2.75) is 68.2 Å². The van der Waals surface area contributed by atoms with E-state index in [9.17, 15) is 0 Å². The van der Waals surface area contributed by atoms with Crippen LogP contribution < -0.4 is 0 Å². The molecule has 0 aliphatic carbocycles. The molecule has 78 valence electrons. The van der Waals surface area contributed by atoms with E-state index in [-0.39, 0.29) is 0 Å². The van der Waals surface area contributed by atoms with Crippen molar-refractivity contribution in [2.24, 2.45) is 0 Å². The first-order chi connectivity index (χ1) is 5.83. The van der Waals surface area contributed by atoms with Gasteiger partial charge in [-0.15, -0.1) is 0 Å². The summed E-state index contributed by atoms with van der Waals surface area (Å²) in [5.41, 5.74) is 0. The minimum absolute atomic E-state index is 1.32. The molecule has 0 rings (SSSR count). The van der Waals surface area contributed by atoms with Gasteiger partial charge in [-0.3, -0.25) is 0 Å². The third-order valence-corrected chi connectivity index (χ3v) is 0.833. The number of hydrogen-bond donors (Lipinski definition) is 0. The normalized spacial score (nSPS) is 6.67. The highest BCUT2D eigenvalue weighted by Gasteiger charge is 1.56. The van der Waals surface area contributed by atoms with Gasteiger partial charge in [0.25, 0.3) is 0 Å². The molecule has 0 aromatic rings. The number of allylic oxidation sites excluding steroid dienone is 2. The van der Waals surface area contributed by atoms with Gasteiger partial charge in [-0.2, -0.15) is 0 Å². The second kappa shape index (κ2) is 72.8. The monoisotopic (exact) mass is 174 g/mol. The van der Waals surface area contributed by atoms with E-state index >= 15 is 0 Å². The molecule has 12 heavy (non-hydrogen) atoms. The molecular weight excluding hydrogens is 144 g/mol. The molecule has 0 fully saturated rings. The van der Waals surface area contributed by atoms with Crippen molar-refractivity contribution >= 4 is 0 Å². The van der Waals surface area contributed by atoms with Gasteiger partial charge in [-0.05, 0) is 13.8 Å². The van der Waals surface area contributed by atoms with Crippen molar-refractivity contribution in [2.75, 3.05) is 0 Å². The van der Waals surface area contributed by atoms with Crippen LogP contribution in [0, 0.1) is 0 Å². The van der Waals surface area contributed by atoms with Gasteiger partial charge in [0.2, 0.25) is 0 Å². The SMILES string of the molecule is C/C=C/C.CC.CC.CCCC. The molecule has 0 heterocycles. The fourth-order valence-corrected chi connectivity index (χ4v) is 0. The molecule has 0 saturated heterocycles. The predicted molar refractivity (Wildman–Crippen MR) is 63.8 cm³/mol. The predicted octanol–water partition coefficient (Wildman–Crippen LogP) is 5.44. The van der Waals surface area contributed by atoms with Crippen LogP contribution in [0.25, 0.3) is 0 Å². The maximum absolute atomic E-state index is 2.18. The van der Waals surface area contributed by atoms with E-state index in [1.807, 2.05) is 53.7 Å². The summed E-state index contributed by atoms with van der Waals surface area (Å²) in [5.74, 6) is 0. The van der Waals surface area contributed by atoms with Crippen LogP contribution >= 0.6 is 0 Å². The first-order valence-electron chi connectivity index (χ1n) is 5.40. The van der Waals surface area contributed by atoms with E-state index in [0.29, 0.717) is 0 Å². The molecule has 0 saturated carbocycles. The Morgan fingerprint density at radius 2 is 0.833 bits per heavy atom. The topological polar surface area (TPSA) is 0 Å². The van der Waals surface area contributed by atoms with Crippen LogP contribution in [0.5, 0.6) is 0 Å². The molecule has 0 nitrogen and oxygen atoms in total. The molecule has 0 aromatic carbocycles. The Hall–Kier alpha value is -0.260. The lowest BCUT2D eigenvalue weighted by molar-refractivity contribution is 0.886. The highest BCUT2D eigenvalue weighted by atomic mass is 13.6. The van der Waals surface area contributed by atoms with E-state index in [1.165, 1.54) is 12.8 Å². The zero-order valence-electron chi connectivity index (χ0n) is 10.6. The van der Waals surface area contributed by atoms with E-state index in [1.54, 1.807) is 0 Å². The summed E-state index contributed by atoms with van der Waals surface area (Å²) in [5, 5.41) is 0. The standard InChI is InChI=1S/C4H10.C4H8.2C2H6/c2*1-3-4-2;2*1-2/h3-4H2,1-2H3;3-4H,1-2H3;2*1-2H3/b;4-3+;;. The van der Waals surface area contributed by atoms with Crippen LogP contribution in [0.2, 0.25) is 0 Å². The van der Waals surface area contributed by atoms with Crippen LogP contribution in [0.15, 0.2) is 12.2 Å². The van der Waals surface area contributed by atoms with Crippen molar-refractivity contribution in [3.8, 4) is 0 Å². The highest BCUT2D eigenvalue weighted by molar-refractivity contribution is 4.68. The first-order valence-corrected chi connectivity index (χ1v) is 5.40. The molecule has 0 aromatic heterocycles. The lowest BCUT2D eigenvalue weighted by atomic mass is 10.4. The van der Waals surface area contributed by atoms with E-state index in [4.69, 9.17) is 0 Å². The van der Waals surface area contributed by atoms with Crippen molar-refractivity contribution in [1.82, 2.24) is 0 Å². The van der Waals surface area contributed by atoms with Gasteiger partial charge in [-0.1, -0.05) is 66.5 Å². The Labute approximate surface area is 81.1 Å². The second-order valence-corrected chi connectivity index (χ2v) is 1.67. The van der Waals surface area contributed by atoms with Crippen LogP contribution in [0.3, 0.4) is 0 Å². The summed E-state index contributed by atoms with van der Waals surface area (Å²) in [7, 11) is 0. The second-order valence-electron chi connectivity index (χ2n) is 1.67. The lowest BCUT2D eigenvalue weighted by Gasteiger charge is -1.68. The smallest absolute Gasteiger partial charge is 0.0470 e. The lowest BCUT2D eigenvalue weighted by Crippen LogP contribution is -1.47. The van der Waals surface area contributed by atoms with Gasteiger partial charge in [0.05, 0.1) is 0 Å². The van der Waals surface area contributed by atoms with Crippen molar-refractivity contribution in [3.63, 3.8) is 0 Å². The quantitative estimate of drug-likeness (QED) is 0.464. The Morgan fingerprint density at radius 1 is 0.667 bits per heavy atom. The van der Waals surface area contributed by atoms with Crippen LogP contribution in [0.4, 0.5) is 0 Å². The Kier molecular flexibility index (Phi) is 137. The summed E-state index contributed by atoms with van der Waals surface area (Å²) in [4.78, 5) is 0. The average molecular weight is 174 g/mol. The Morgan fingerprint density at radius 3 is 0.833 bits per heavy atom. The van der Waals surface area contributed by atoms with E-state index in [2.05, 4.69) is 13.8 Å². The molecular formula is C12H30. The molecule has 0 N–H and O–H groups in total. The van der Waals surface area contributed by atoms with Crippen LogP contribution in [-0.2, 0) is 0 Å². The third kappa shape index (κ3) is 246. The summed E-state index contributed by atoms with van der Waals surface area (Å²) in [6.45, 7) is 16.4. The highest BCUT2D eigenvalue weighted by Crippen LogP contribution is 1.76. The van der Waals surface area contributed by atoms with Gasteiger partial charge in [-0.25, -0.2) is 0 Å². The molecule has 0 atom stereocenters. The van der Waals surface area contributed by atoms with Crippen LogP contribution in [0.1, 0.15) is 68.2 Å². The third-order valence-electron chi connectivity index (χ3n) is 0.833. The minimum Gasteiger partial charge on any atom is -0.0919 e. The molecule has 0 unspecified atom stereocenters. The fourth-order valence-electron chi connectivity index (χ4n) is 0. The molecule has 0 amide bonds. The largest absolute Gasteiger partial charge is 0.0919 e. The van der Waals surface area contributed by atoms with Gasteiger partial charge >= 0.3 is 0 Å². The van der Waals surface area contributed by atoms with E-state index < -0.39 is 0 Å². The summed E-state index contributed by atoms with van der Waals surface area (Å²) in [6, 6.07) is 0. The van der Waals surface area contributed by atoms with Crippen molar-refractivity contribution in [1.29, 1.82) is 0 Å². The molecule has 0 aliphatic heterocycles. The minimum atomic E-state index is 1.32. The van der Waals surface area contributed by atoms with Crippen molar-refractivity contribution < 1.29 is 0 Å². The Bertz CT molecular complexity index is 29.3. The maximum atomic E-state index is 2.18. The molecule has 0 aliphatic rings. The van der Waals surface area contributed by atoms with Gasteiger partial charge < -0.3 is 0 Å². The number of unbranched alkanes of at least 4 members (excludes halogenated alkanes) is 1. The van der Waals surface area contributed by atoms with Crippen LogP contribution in [-0.4, -0.2) is 0 Å². The molecule has 0 spiro atoms. The molecule has 0 heteroatoms. The molecule has 0 radical (unpaired) electrons. The summed E-state index contributed by atoms with van der Waals surface area (Å²) in [6.07, 6.45) is 6.64. The summed E-state index contributed by atoms with van der Waals surface area (Å²) < 4.78 is 0. The van der Waals surface area contributed by atoms with Gasteiger partial charge in [0.15, 0.2) is 0 Å². The van der Waals surface area contributed by atoms with Gasteiger partial charge in [0.1, 0.15) is 0 Å². The number of rotatable bonds is 1. The Balaban J connectivity index is -0.0000000380. The van der Waals surface area contributed by atoms with E-state index in [0.717, 1.165) is 0 Å². The molecule has 0 bridgehead atoms. The fraction of sp³-hybridized carbons (Fsp3) is 0.833. The summed E-state index contributed by atoms with van der Waals surface area (Å²) >= 11 is 0.